The number of halogens is 1. The van der Waals surface area contributed by atoms with E-state index in [1.54, 1.807) is 12.4 Å². The Kier molecular flexibility index (Phi) is 2.63. The predicted octanol–water partition coefficient (Wildman–Crippen LogP) is 2.76. The number of rotatable bonds is 1. The molecule has 3 rings (SSSR count). The van der Waals surface area contributed by atoms with Crippen LogP contribution in [-0.2, 0) is 0 Å². The van der Waals surface area contributed by atoms with Crippen molar-refractivity contribution >= 4 is 16.7 Å². The van der Waals surface area contributed by atoms with Gasteiger partial charge in [0, 0.05) is 18.5 Å². The highest BCUT2D eigenvalue weighted by atomic mass is 19.1. The number of hydrogen-bond acceptors (Lipinski definition) is 3. The molecule has 1 aliphatic heterocycles. The van der Waals surface area contributed by atoms with Gasteiger partial charge in [0.15, 0.2) is 0 Å². The molecule has 88 valence electrons. The molecule has 2 aromatic rings. The molecule has 0 unspecified atom stereocenters. The molecule has 0 aliphatic carbocycles. The number of nitrogens with zero attached hydrogens (tertiary/aromatic N) is 3. The summed E-state index contributed by atoms with van der Waals surface area (Å²) < 4.78 is 13.3. The molecule has 1 aromatic heterocycles. The third kappa shape index (κ3) is 1.95. The summed E-state index contributed by atoms with van der Waals surface area (Å²) in [5, 5.41) is 0.814. The molecule has 0 radical (unpaired) electrons. The molecule has 2 heterocycles. The Morgan fingerprint density at radius 2 is 1.88 bits per heavy atom. The van der Waals surface area contributed by atoms with Crippen molar-refractivity contribution in [2.75, 3.05) is 18.0 Å². The summed E-state index contributed by atoms with van der Waals surface area (Å²) in [6.45, 7) is 2.01. The minimum atomic E-state index is -0.231. The molecule has 0 spiro atoms. The van der Waals surface area contributed by atoms with Crippen LogP contribution >= 0.6 is 0 Å². The monoisotopic (exact) mass is 231 g/mol. The zero-order chi connectivity index (χ0) is 11.7. The normalized spacial score (nSPS) is 16.4. The van der Waals surface area contributed by atoms with E-state index in [1.165, 1.54) is 31.4 Å². The highest BCUT2D eigenvalue weighted by Gasteiger charge is 2.15. The molecule has 1 aliphatic rings. The second kappa shape index (κ2) is 4.28. The van der Waals surface area contributed by atoms with E-state index in [0.29, 0.717) is 0 Å². The number of benzene rings is 1. The zero-order valence-electron chi connectivity index (χ0n) is 9.56. The summed E-state index contributed by atoms with van der Waals surface area (Å²) in [5.74, 6) is 0.639. The van der Waals surface area contributed by atoms with Gasteiger partial charge in [-0.1, -0.05) is 0 Å². The molecule has 0 bridgehead atoms. The summed E-state index contributed by atoms with van der Waals surface area (Å²) in [6, 6.07) is 4.67. The fraction of sp³-hybridized carbons (Fsp3) is 0.385. The molecule has 1 aromatic carbocycles. The van der Waals surface area contributed by atoms with Gasteiger partial charge in [-0.2, -0.15) is 0 Å². The summed E-state index contributed by atoms with van der Waals surface area (Å²) in [7, 11) is 0. The van der Waals surface area contributed by atoms with Gasteiger partial charge in [-0.3, -0.25) is 0 Å². The van der Waals surface area contributed by atoms with E-state index in [1.807, 2.05) is 0 Å². The van der Waals surface area contributed by atoms with Crippen molar-refractivity contribution in [1.29, 1.82) is 0 Å². The van der Waals surface area contributed by atoms with Gasteiger partial charge >= 0.3 is 0 Å². The van der Waals surface area contributed by atoms with Gasteiger partial charge < -0.3 is 4.90 Å². The molecule has 17 heavy (non-hydrogen) atoms. The molecule has 1 fully saturated rings. The Labute approximate surface area is 99.3 Å². The number of piperidine rings is 1. The van der Waals surface area contributed by atoms with Gasteiger partial charge in [-0.15, -0.1) is 0 Å². The lowest BCUT2D eigenvalue weighted by atomic mass is 10.1. The first kappa shape index (κ1) is 10.4. The Bertz CT molecular complexity index is 535. The van der Waals surface area contributed by atoms with E-state index in [-0.39, 0.29) is 5.82 Å². The van der Waals surface area contributed by atoms with Crippen molar-refractivity contribution in [3.63, 3.8) is 0 Å². The molecule has 0 N–H and O–H groups in total. The van der Waals surface area contributed by atoms with Crippen LogP contribution in [0.15, 0.2) is 24.5 Å². The second-order valence-electron chi connectivity index (χ2n) is 4.41. The standard InChI is InChI=1S/C13H14FN3/c14-10-4-5-12-11(8-10)13(16-9-15-12)17-6-2-1-3-7-17/h4-5,8-9H,1-3,6-7H2. The summed E-state index contributed by atoms with van der Waals surface area (Å²) in [4.78, 5) is 10.7. The van der Waals surface area contributed by atoms with Gasteiger partial charge in [0.25, 0.3) is 0 Å². The number of fused-ring (bicyclic) bond motifs is 1. The first-order valence-corrected chi connectivity index (χ1v) is 6.00. The Hall–Kier alpha value is -1.71. The Morgan fingerprint density at radius 3 is 2.71 bits per heavy atom. The molecule has 3 nitrogen and oxygen atoms in total. The van der Waals surface area contributed by atoms with Crippen LogP contribution in [0.4, 0.5) is 10.2 Å². The van der Waals surface area contributed by atoms with E-state index >= 15 is 0 Å². The molecule has 0 saturated carbocycles. The van der Waals surface area contributed by atoms with Gasteiger partial charge in [-0.05, 0) is 37.5 Å². The van der Waals surface area contributed by atoms with Gasteiger partial charge in [0.1, 0.15) is 18.0 Å². The second-order valence-corrected chi connectivity index (χ2v) is 4.41. The lowest BCUT2D eigenvalue weighted by Gasteiger charge is -2.28. The molecule has 1 saturated heterocycles. The minimum absolute atomic E-state index is 0.231. The fourth-order valence-electron chi connectivity index (χ4n) is 2.37. The van der Waals surface area contributed by atoms with E-state index in [9.17, 15) is 4.39 Å². The van der Waals surface area contributed by atoms with Crippen molar-refractivity contribution in [3.8, 4) is 0 Å². The van der Waals surface area contributed by atoms with Crippen LogP contribution in [0.3, 0.4) is 0 Å². The quantitative estimate of drug-likeness (QED) is 0.755. The van der Waals surface area contributed by atoms with Crippen LogP contribution < -0.4 is 4.90 Å². The molecular weight excluding hydrogens is 217 g/mol. The number of hydrogen-bond donors (Lipinski definition) is 0. The predicted molar refractivity (Wildman–Crippen MR) is 65.6 cm³/mol. The van der Waals surface area contributed by atoms with Gasteiger partial charge in [-0.25, -0.2) is 14.4 Å². The molecule has 4 heteroatoms. The number of aromatic nitrogens is 2. The van der Waals surface area contributed by atoms with Gasteiger partial charge in [0.2, 0.25) is 0 Å². The minimum Gasteiger partial charge on any atom is -0.356 e. The number of anilines is 1. The Balaban J connectivity index is 2.11. The maximum atomic E-state index is 13.3. The van der Waals surface area contributed by atoms with Crippen LogP contribution in [0, 0.1) is 5.82 Å². The lowest BCUT2D eigenvalue weighted by molar-refractivity contribution is 0.574. The lowest BCUT2D eigenvalue weighted by Crippen LogP contribution is -2.30. The first-order chi connectivity index (χ1) is 8.34. The Morgan fingerprint density at radius 1 is 1.06 bits per heavy atom. The van der Waals surface area contributed by atoms with Crippen molar-refractivity contribution in [1.82, 2.24) is 9.97 Å². The third-order valence-corrected chi connectivity index (χ3v) is 3.23. The average molecular weight is 231 g/mol. The molecular formula is C13H14FN3. The highest BCUT2D eigenvalue weighted by molar-refractivity contribution is 5.89. The summed E-state index contributed by atoms with van der Waals surface area (Å²) >= 11 is 0. The summed E-state index contributed by atoms with van der Waals surface area (Å²) in [5.41, 5.74) is 0.807. The first-order valence-electron chi connectivity index (χ1n) is 6.00. The largest absolute Gasteiger partial charge is 0.356 e. The molecule has 0 amide bonds. The zero-order valence-corrected chi connectivity index (χ0v) is 9.56. The smallest absolute Gasteiger partial charge is 0.139 e. The van der Waals surface area contributed by atoms with Crippen LogP contribution in [0.25, 0.3) is 10.9 Å². The van der Waals surface area contributed by atoms with Crippen LogP contribution in [-0.4, -0.2) is 23.1 Å². The van der Waals surface area contributed by atoms with Crippen LogP contribution in [0.5, 0.6) is 0 Å². The van der Waals surface area contributed by atoms with Crippen LogP contribution in [0.1, 0.15) is 19.3 Å². The van der Waals surface area contributed by atoms with E-state index in [0.717, 1.165) is 29.8 Å². The van der Waals surface area contributed by atoms with Crippen molar-refractivity contribution < 1.29 is 4.39 Å². The third-order valence-electron chi connectivity index (χ3n) is 3.23. The SMILES string of the molecule is Fc1ccc2ncnc(N3CCCCC3)c2c1. The van der Waals surface area contributed by atoms with E-state index in [2.05, 4.69) is 14.9 Å². The fourth-order valence-corrected chi connectivity index (χ4v) is 2.37. The van der Waals surface area contributed by atoms with E-state index < -0.39 is 0 Å². The van der Waals surface area contributed by atoms with Crippen molar-refractivity contribution in [3.05, 3.63) is 30.3 Å². The summed E-state index contributed by atoms with van der Waals surface area (Å²) in [6.07, 6.45) is 5.19. The average Bonchev–Trinajstić information content (AvgIpc) is 2.39. The van der Waals surface area contributed by atoms with Crippen molar-refractivity contribution in [2.45, 2.75) is 19.3 Å². The van der Waals surface area contributed by atoms with Crippen molar-refractivity contribution in [2.24, 2.45) is 0 Å². The van der Waals surface area contributed by atoms with Crippen LogP contribution in [0.2, 0.25) is 0 Å². The van der Waals surface area contributed by atoms with E-state index in [4.69, 9.17) is 0 Å². The van der Waals surface area contributed by atoms with Gasteiger partial charge in [0.05, 0.1) is 5.52 Å². The topological polar surface area (TPSA) is 29.0 Å². The highest BCUT2D eigenvalue weighted by Crippen LogP contribution is 2.25. The maximum Gasteiger partial charge on any atom is 0.139 e. The molecule has 0 atom stereocenters. The maximum absolute atomic E-state index is 13.3.